The lowest BCUT2D eigenvalue weighted by Crippen LogP contribution is -2.38. The third-order valence-corrected chi connectivity index (χ3v) is 6.40. The van der Waals surface area contributed by atoms with Crippen LogP contribution in [-0.2, 0) is 7.05 Å². The standard InChI is InChI=1S/C27H29N3O2/c1-7-30(28(4)5)22-16-23-19(12-13-27(2,3)32-23)25-24(22)26(31)20-14-17-10-8-9-11-18(17)15-21(20)29(25)6/h8-16H,7H2,1-6H3. The minimum Gasteiger partial charge on any atom is -0.483 e. The molecule has 5 nitrogen and oxygen atoms in total. The van der Waals surface area contributed by atoms with E-state index in [1.165, 1.54) is 0 Å². The fourth-order valence-electron chi connectivity index (χ4n) is 4.88. The normalized spacial score (nSPS) is 14.8. The summed E-state index contributed by atoms with van der Waals surface area (Å²) in [5.74, 6) is 0.801. The second kappa shape index (κ2) is 7.10. The van der Waals surface area contributed by atoms with E-state index in [9.17, 15) is 4.79 Å². The number of nitrogens with zero attached hydrogens (tertiary/aromatic N) is 3. The molecule has 32 heavy (non-hydrogen) atoms. The summed E-state index contributed by atoms with van der Waals surface area (Å²) in [5, 5.41) is 7.78. The Kier molecular flexibility index (Phi) is 4.57. The summed E-state index contributed by atoms with van der Waals surface area (Å²) in [5.41, 5.74) is 3.29. The van der Waals surface area contributed by atoms with Crippen molar-refractivity contribution in [3.05, 3.63) is 64.3 Å². The quantitative estimate of drug-likeness (QED) is 0.327. The molecule has 2 heterocycles. The molecule has 0 unspecified atom stereocenters. The van der Waals surface area contributed by atoms with Crippen molar-refractivity contribution in [1.29, 1.82) is 0 Å². The van der Waals surface area contributed by atoms with Crippen LogP contribution >= 0.6 is 0 Å². The molecule has 0 aliphatic carbocycles. The van der Waals surface area contributed by atoms with Crippen LogP contribution in [0.25, 0.3) is 38.7 Å². The van der Waals surface area contributed by atoms with Gasteiger partial charge in [-0.3, -0.25) is 4.79 Å². The Morgan fingerprint density at radius 2 is 1.75 bits per heavy atom. The van der Waals surface area contributed by atoms with E-state index in [-0.39, 0.29) is 5.43 Å². The van der Waals surface area contributed by atoms with E-state index in [4.69, 9.17) is 4.74 Å². The molecule has 5 rings (SSSR count). The van der Waals surface area contributed by atoms with Crippen LogP contribution in [-0.4, -0.2) is 35.8 Å². The zero-order chi connectivity index (χ0) is 22.8. The molecule has 1 aliphatic rings. The lowest BCUT2D eigenvalue weighted by atomic mass is 9.96. The Labute approximate surface area is 188 Å². The largest absolute Gasteiger partial charge is 0.483 e. The van der Waals surface area contributed by atoms with Crippen LogP contribution in [0.3, 0.4) is 0 Å². The third kappa shape index (κ3) is 3.00. The van der Waals surface area contributed by atoms with Crippen molar-refractivity contribution in [2.75, 3.05) is 25.6 Å². The highest BCUT2D eigenvalue weighted by atomic mass is 16.5. The monoisotopic (exact) mass is 427 g/mol. The van der Waals surface area contributed by atoms with E-state index in [1.54, 1.807) is 0 Å². The summed E-state index contributed by atoms with van der Waals surface area (Å²) in [6, 6.07) is 14.4. The Morgan fingerprint density at radius 3 is 2.41 bits per heavy atom. The number of rotatable bonds is 3. The van der Waals surface area contributed by atoms with Gasteiger partial charge >= 0.3 is 0 Å². The summed E-state index contributed by atoms with van der Waals surface area (Å²) in [7, 11) is 6.04. The van der Waals surface area contributed by atoms with Gasteiger partial charge in [0, 0.05) is 44.7 Å². The molecule has 1 aromatic heterocycles. The summed E-state index contributed by atoms with van der Waals surface area (Å²) in [6.45, 7) is 6.92. The van der Waals surface area contributed by atoms with Crippen LogP contribution in [0.2, 0.25) is 0 Å². The number of pyridine rings is 1. The minimum absolute atomic E-state index is 0.0511. The highest BCUT2D eigenvalue weighted by Crippen LogP contribution is 2.41. The fourth-order valence-corrected chi connectivity index (χ4v) is 4.88. The average Bonchev–Trinajstić information content (AvgIpc) is 2.75. The Hall–Kier alpha value is -3.31. The number of anilines is 1. The van der Waals surface area contributed by atoms with Crippen LogP contribution in [0.15, 0.2) is 53.3 Å². The summed E-state index contributed by atoms with van der Waals surface area (Å²) >= 11 is 0. The Bertz CT molecular complexity index is 1480. The van der Waals surface area contributed by atoms with Crippen molar-refractivity contribution in [2.45, 2.75) is 26.4 Å². The molecule has 0 saturated carbocycles. The lowest BCUT2D eigenvalue weighted by molar-refractivity contribution is 0.159. The van der Waals surface area contributed by atoms with E-state index in [0.717, 1.165) is 56.1 Å². The number of hydrogen-bond donors (Lipinski definition) is 0. The second-order valence-electron chi connectivity index (χ2n) is 9.24. The van der Waals surface area contributed by atoms with Gasteiger partial charge in [0.1, 0.15) is 11.4 Å². The van der Waals surface area contributed by atoms with E-state index in [1.807, 2.05) is 64.3 Å². The van der Waals surface area contributed by atoms with E-state index >= 15 is 0 Å². The van der Waals surface area contributed by atoms with E-state index in [0.29, 0.717) is 0 Å². The van der Waals surface area contributed by atoms with Crippen molar-refractivity contribution >= 4 is 44.3 Å². The van der Waals surface area contributed by atoms with Gasteiger partial charge in [-0.1, -0.05) is 24.3 Å². The molecule has 3 aromatic carbocycles. The summed E-state index contributed by atoms with van der Waals surface area (Å²) in [6.07, 6.45) is 4.16. The average molecular weight is 428 g/mol. The number of aryl methyl sites for hydroxylation is 1. The maximum atomic E-state index is 14.0. The molecule has 0 amide bonds. The van der Waals surface area contributed by atoms with Gasteiger partial charge in [-0.05, 0) is 55.8 Å². The second-order valence-corrected chi connectivity index (χ2v) is 9.24. The van der Waals surface area contributed by atoms with Gasteiger partial charge < -0.3 is 14.3 Å². The molecule has 0 atom stereocenters. The summed E-state index contributed by atoms with van der Waals surface area (Å²) < 4.78 is 8.52. The molecule has 0 fully saturated rings. The highest BCUT2D eigenvalue weighted by Gasteiger charge is 2.28. The molecular formula is C27H29N3O2. The smallest absolute Gasteiger partial charge is 0.199 e. The first kappa shape index (κ1) is 20.6. The van der Waals surface area contributed by atoms with Crippen molar-refractivity contribution in [3.8, 4) is 5.75 Å². The van der Waals surface area contributed by atoms with Crippen LogP contribution in [0, 0.1) is 0 Å². The first-order valence-corrected chi connectivity index (χ1v) is 11.1. The fraction of sp³-hybridized carbons (Fsp3) is 0.296. The van der Waals surface area contributed by atoms with Crippen molar-refractivity contribution in [2.24, 2.45) is 7.05 Å². The number of benzene rings is 3. The number of aromatic nitrogens is 1. The molecule has 0 spiro atoms. The topological polar surface area (TPSA) is 37.7 Å². The van der Waals surface area contributed by atoms with E-state index in [2.05, 4.69) is 46.9 Å². The van der Waals surface area contributed by atoms with Gasteiger partial charge in [0.2, 0.25) is 0 Å². The molecular weight excluding hydrogens is 398 g/mol. The molecule has 164 valence electrons. The van der Waals surface area contributed by atoms with Crippen molar-refractivity contribution < 1.29 is 4.74 Å². The van der Waals surface area contributed by atoms with Gasteiger partial charge in [0.05, 0.1) is 22.1 Å². The molecule has 5 heteroatoms. The van der Waals surface area contributed by atoms with Crippen LogP contribution < -0.4 is 15.2 Å². The Morgan fingerprint density at radius 1 is 1.06 bits per heavy atom. The van der Waals surface area contributed by atoms with Gasteiger partial charge in [0.15, 0.2) is 5.43 Å². The van der Waals surface area contributed by atoms with Gasteiger partial charge in [-0.25, -0.2) is 5.01 Å². The first-order valence-electron chi connectivity index (χ1n) is 11.1. The lowest BCUT2D eigenvalue weighted by Gasteiger charge is -2.34. The SMILES string of the molecule is CCN(c1cc2c(c3c1c(=O)c1cc4ccccc4cc1n3C)C=CC(C)(C)O2)N(C)C. The van der Waals surface area contributed by atoms with Gasteiger partial charge in [0.25, 0.3) is 0 Å². The maximum Gasteiger partial charge on any atom is 0.199 e. The minimum atomic E-state index is -0.404. The number of hydrazine groups is 1. The molecule has 1 aliphatic heterocycles. The van der Waals surface area contributed by atoms with Crippen molar-refractivity contribution in [1.82, 2.24) is 9.58 Å². The molecule has 0 bridgehead atoms. The molecule has 0 N–H and O–H groups in total. The molecule has 4 aromatic rings. The number of ether oxygens (including phenoxy) is 1. The highest BCUT2D eigenvalue weighted by molar-refractivity contribution is 6.08. The number of hydrogen-bond acceptors (Lipinski definition) is 4. The van der Waals surface area contributed by atoms with Crippen LogP contribution in [0.4, 0.5) is 5.69 Å². The molecule has 0 saturated heterocycles. The molecule has 0 radical (unpaired) electrons. The van der Waals surface area contributed by atoms with Crippen LogP contribution in [0.1, 0.15) is 26.3 Å². The van der Waals surface area contributed by atoms with Crippen molar-refractivity contribution in [3.63, 3.8) is 0 Å². The van der Waals surface area contributed by atoms with Crippen LogP contribution in [0.5, 0.6) is 5.75 Å². The van der Waals surface area contributed by atoms with E-state index < -0.39 is 5.60 Å². The maximum absolute atomic E-state index is 14.0. The summed E-state index contributed by atoms with van der Waals surface area (Å²) in [4.78, 5) is 14.0. The van der Waals surface area contributed by atoms with Gasteiger partial charge in [-0.15, -0.1) is 0 Å². The first-order chi connectivity index (χ1) is 15.2. The third-order valence-electron chi connectivity index (χ3n) is 6.40. The van der Waals surface area contributed by atoms with Gasteiger partial charge in [-0.2, -0.15) is 0 Å². The number of fused-ring (bicyclic) bond motifs is 5. The predicted octanol–water partition coefficient (Wildman–Crippen LogP) is 5.33. The zero-order valence-electron chi connectivity index (χ0n) is 19.6. The zero-order valence-corrected chi connectivity index (χ0v) is 19.6. The Balaban J connectivity index is 2.01. The predicted molar refractivity (Wildman–Crippen MR) is 135 cm³/mol.